The molecule has 2 nitrogen and oxygen atoms in total. The van der Waals surface area contributed by atoms with Gasteiger partial charge in [-0.15, -0.1) is 0 Å². The van der Waals surface area contributed by atoms with Crippen LogP contribution in [0.2, 0.25) is 0 Å². The standard InChI is InChI=1S/C26H28F2O2/c1-18-5-6-21(14-19(18)2)15-22(25-12-9-23(27)16-26(25)28)4-3-13-30-24-10-7-20(17-29)8-11-24/h5-12,14,16,22,29H,3-4,13,15,17H2,1-2H3/t22-/m0/s1. The van der Waals surface area contributed by atoms with Gasteiger partial charge in [-0.3, -0.25) is 0 Å². The molecule has 0 fully saturated rings. The summed E-state index contributed by atoms with van der Waals surface area (Å²) in [5.74, 6) is -0.376. The Kier molecular flexibility index (Phi) is 7.58. The third-order valence-electron chi connectivity index (χ3n) is 5.53. The number of aliphatic hydroxyl groups excluding tert-OH is 1. The molecule has 3 rings (SSSR count). The maximum Gasteiger partial charge on any atom is 0.129 e. The molecule has 1 atom stereocenters. The molecular formula is C26H28F2O2. The minimum Gasteiger partial charge on any atom is -0.494 e. The molecule has 0 heterocycles. The van der Waals surface area contributed by atoms with Gasteiger partial charge in [-0.2, -0.15) is 0 Å². The molecule has 4 heteroatoms. The van der Waals surface area contributed by atoms with Crippen molar-refractivity contribution in [1.29, 1.82) is 0 Å². The minimum absolute atomic E-state index is 0.00365. The average Bonchev–Trinajstić information content (AvgIpc) is 2.73. The van der Waals surface area contributed by atoms with E-state index in [9.17, 15) is 8.78 Å². The van der Waals surface area contributed by atoms with Gasteiger partial charge in [0.05, 0.1) is 13.2 Å². The van der Waals surface area contributed by atoms with Crippen molar-refractivity contribution >= 4 is 0 Å². The van der Waals surface area contributed by atoms with Crippen molar-refractivity contribution in [2.45, 2.75) is 45.6 Å². The molecule has 1 N–H and O–H groups in total. The Morgan fingerprint density at radius 3 is 2.27 bits per heavy atom. The van der Waals surface area contributed by atoms with Gasteiger partial charge in [0, 0.05) is 6.07 Å². The zero-order valence-corrected chi connectivity index (χ0v) is 17.5. The summed E-state index contributed by atoms with van der Waals surface area (Å²) in [6.45, 7) is 4.65. The van der Waals surface area contributed by atoms with Crippen LogP contribution in [0.5, 0.6) is 5.75 Å². The van der Waals surface area contributed by atoms with Crippen molar-refractivity contribution in [3.8, 4) is 5.75 Å². The van der Waals surface area contributed by atoms with Crippen LogP contribution in [0, 0.1) is 25.5 Å². The van der Waals surface area contributed by atoms with E-state index in [1.54, 1.807) is 6.07 Å². The zero-order valence-electron chi connectivity index (χ0n) is 17.5. The Balaban J connectivity index is 1.67. The lowest BCUT2D eigenvalue weighted by molar-refractivity contribution is 0.280. The van der Waals surface area contributed by atoms with E-state index in [1.807, 2.05) is 24.3 Å². The van der Waals surface area contributed by atoms with E-state index in [0.29, 0.717) is 18.6 Å². The Bertz CT molecular complexity index is 967. The Morgan fingerprint density at radius 1 is 0.867 bits per heavy atom. The quantitative estimate of drug-likeness (QED) is 0.422. The molecule has 0 radical (unpaired) electrons. The van der Waals surface area contributed by atoms with Crippen LogP contribution in [0.15, 0.2) is 60.7 Å². The molecule has 0 unspecified atom stereocenters. The van der Waals surface area contributed by atoms with E-state index < -0.39 is 11.6 Å². The Morgan fingerprint density at radius 2 is 1.60 bits per heavy atom. The highest BCUT2D eigenvalue weighted by atomic mass is 19.1. The highest BCUT2D eigenvalue weighted by Crippen LogP contribution is 2.29. The van der Waals surface area contributed by atoms with Crippen LogP contribution in [-0.2, 0) is 13.0 Å². The summed E-state index contributed by atoms with van der Waals surface area (Å²) in [4.78, 5) is 0. The third-order valence-corrected chi connectivity index (χ3v) is 5.53. The van der Waals surface area contributed by atoms with Crippen LogP contribution in [0.25, 0.3) is 0 Å². The van der Waals surface area contributed by atoms with Crippen LogP contribution in [0.3, 0.4) is 0 Å². The zero-order chi connectivity index (χ0) is 21.5. The van der Waals surface area contributed by atoms with E-state index >= 15 is 0 Å². The molecule has 0 aliphatic carbocycles. The fourth-order valence-electron chi connectivity index (χ4n) is 3.63. The summed E-state index contributed by atoms with van der Waals surface area (Å²) in [6.07, 6.45) is 2.16. The Labute approximate surface area is 177 Å². The van der Waals surface area contributed by atoms with Crippen molar-refractivity contribution in [2.75, 3.05) is 6.61 Å². The molecule has 3 aromatic rings. The predicted octanol–water partition coefficient (Wildman–Crippen LogP) is 6.26. The maximum atomic E-state index is 14.5. The lowest BCUT2D eigenvalue weighted by Crippen LogP contribution is -2.09. The van der Waals surface area contributed by atoms with Crippen LogP contribution >= 0.6 is 0 Å². The van der Waals surface area contributed by atoms with Gasteiger partial charge in [0.1, 0.15) is 17.4 Å². The fraction of sp³-hybridized carbons (Fsp3) is 0.308. The number of ether oxygens (including phenoxy) is 1. The van der Waals surface area contributed by atoms with Crippen LogP contribution in [0.1, 0.15) is 46.6 Å². The second-order valence-electron chi connectivity index (χ2n) is 7.78. The molecule has 0 bridgehead atoms. The molecule has 3 aromatic carbocycles. The molecule has 0 saturated heterocycles. The first-order valence-electron chi connectivity index (χ1n) is 10.3. The lowest BCUT2D eigenvalue weighted by Gasteiger charge is -2.19. The van der Waals surface area contributed by atoms with Crippen molar-refractivity contribution in [1.82, 2.24) is 0 Å². The number of aryl methyl sites for hydroxylation is 2. The first-order valence-corrected chi connectivity index (χ1v) is 10.3. The van der Waals surface area contributed by atoms with Gasteiger partial charge in [0.25, 0.3) is 0 Å². The second-order valence-corrected chi connectivity index (χ2v) is 7.78. The third kappa shape index (κ3) is 5.90. The fourth-order valence-corrected chi connectivity index (χ4v) is 3.63. The van der Waals surface area contributed by atoms with Crippen molar-refractivity contribution in [3.05, 3.63) is 100 Å². The number of halogens is 2. The van der Waals surface area contributed by atoms with Gasteiger partial charge in [0.15, 0.2) is 0 Å². The molecule has 158 valence electrons. The van der Waals surface area contributed by atoms with Crippen molar-refractivity contribution in [2.24, 2.45) is 0 Å². The summed E-state index contributed by atoms with van der Waals surface area (Å²) in [7, 11) is 0. The minimum atomic E-state index is -0.559. The summed E-state index contributed by atoms with van der Waals surface area (Å²) in [5, 5.41) is 9.11. The smallest absolute Gasteiger partial charge is 0.129 e. The van der Waals surface area contributed by atoms with Gasteiger partial charge in [-0.1, -0.05) is 36.4 Å². The molecule has 0 aliphatic heterocycles. The van der Waals surface area contributed by atoms with Gasteiger partial charge >= 0.3 is 0 Å². The second kappa shape index (κ2) is 10.4. The lowest BCUT2D eigenvalue weighted by atomic mass is 9.87. The average molecular weight is 411 g/mol. The van der Waals surface area contributed by atoms with Crippen molar-refractivity contribution < 1.29 is 18.6 Å². The van der Waals surface area contributed by atoms with Gasteiger partial charge < -0.3 is 9.84 Å². The molecule has 0 spiro atoms. The molecule has 30 heavy (non-hydrogen) atoms. The summed E-state index contributed by atoms with van der Waals surface area (Å²) in [5.41, 5.74) is 4.96. The number of hydrogen-bond donors (Lipinski definition) is 1. The number of benzene rings is 3. The van der Waals surface area contributed by atoms with E-state index in [-0.39, 0.29) is 12.5 Å². The first-order chi connectivity index (χ1) is 14.5. The molecule has 0 amide bonds. The SMILES string of the molecule is Cc1ccc(C[C@H](CCCOc2ccc(CO)cc2)c2ccc(F)cc2F)cc1C. The highest BCUT2D eigenvalue weighted by Gasteiger charge is 2.17. The number of hydrogen-bond acceptors (Lipinski definition) is 2. The highest BCUT2D eigenvalue weighted by molar-refractivity contribution is 5.32. The Hall–Kier alpha value is -2.72. The number of aliphatic hydroxyl groups is 1. The first kappa shape index (κ1) is 22.0. The molecular weight excluding hydrogens is 382 g/mol. The molecule has 0 aromatic heterocycles. The van der Waals surface area contributed by atoms with E-state index in [4.69, 9.17) is 9.84 Å². The van der Waals surface area contributed by atoms with Crippen LogP contribution in [0.4, 0.5) is 8.78 Å². The monoisotopic (exact) mass is 410 g/mol. The molecule has 0 aliphatic rings. The summed E-state index contributed by atoms with van der Waals surface area (Å²) >= 11 is 0. The maximum absolute atomic E-state index is 14.5. The van der Waals surface area contributed by atoms with Gasteiger partial charge in [0.2, 0.25) is 0 Å². The van der Waals surface area contributed by atoms with Crippen molar-refractivity contribution in [3.63, 3.8) is 0 Å². The summed E-state index contributed by atoms with van der Waals surface area (Å²) < 4.78 is 33.7. The van der Waals surface area contributed by atoms with E-state index in [0.717, 1.165) is 35.8 Å². The normalized spacial score (nSPS) is 12.0. The van der Waals surface area contributed by atoms with Gasteiger partial charge in [-0.05, 0) is 85.0 Å². The summed E-state index contributed by atoms with van der Waals surface area (Å²) in [6, 6.07) is 17.5. The van der Waals surface area contributed by atoms with Gasteiger partial charge in [-0.25, -0.2) is 8.78 Å². The predicted molar refractivity (Wildman–Crippen MR) is 116 cm³/mol. The van der Waals surface area contributed by atoms with Crippen LogP contribution < -0.4 is 4.74 Å². The molecule has 0 saturated carbocycles. The topological polar surface area (TPSA) is 29.5 Å². The van der Waals surface area contributed by atoms with E-state index in [2.05, 4.69) is 32.0 Å². The largest absolute Gasteiger partial charge is 0.494 e. The van der Waals surface area contributed by atoms with Crippen LogP contribution in [-0.4, -0.2) is 11.7 Å². The van der Waals surface area contributed by atoms with E-state index in [1.165, 1.54) is 17.2 Å². The number of rotatable bonds is 9.